The number of nitrogens with two attached hydrogens (primary N) is 1. The summed E-state index contributed by atoms with van der Waals surface area (Å²) in [6.45, 7) is 3.77. The average Bonchev–Trinajstić information content (AvgIpc) is 3.99. The number of rotatable bonds is 11. The molecule has 2 fully saturated rings. The van der Waals surface area contributed by atoms with Crippen molar-refractivity contribution in [1.82, 2.24) is 15.6 Å². The second-order valence-corrected chi connectivity index (χ2v) is 11.3. The van der Waals surface area contributed by atoms with E-state index in [1.54, 1.807) is 0 Å². The maximum atomic E-state index is 15.4. The molecule has 1 unspecified atom stereocenters. The van der Waals surface area contributed by atoms with Crippen molar-refractivity contribution in [2.24, 2.45) is 11.7 Å². The predicted molar refractivity (Wildman–Crippen MR) is 161 cm³/mol. The Hall–Kier alpha value is -4.10. The molecule has 46 heavy (non-hydrogen) atoms. The highest BCUT2D eigenvalue weighted by Crippen LogP contribution is 2.44. The lowest BCUT2D eigenvalue weighted by Crippen LogP contribution is -2.34. The molecule has 2 aliphatic carbocycles. The van der Waals surface area contributed by atoms with E-state index in [0.29, 0.717) is 36.1 Å². The Bertz CT molecular complexity index is 1770. The Kier molecular flexibility index (Phi) is 10.4. The van der Waals surface area contributed by atoms with E-state index in [2.05, 4.69) is 27.9 Å². The Morgan fingerprint density at radius 3 is 2.46 bits per heavy atom. The largest absolute Gasteiger partial charge is 0.496 e. The number of benzene rings is 2. The number of amides is 1. The quantitative estimate of drug-likeness (QED) is 0.117. The van der Waals surface area contributed by atoms with Gasteiger partial charge in [-0.25, -0.2) is 22.5 Å². The Balaban J connectivity index is 0.00000235. The molecule has 4 N–H and O–H groups in total. The monoisotopic (exact) mass is 668 g/mol. The van der Waals surface area contributed by atoms with Gasteiger partial charge in [0, 0.05) is 58.8 Å². The zero-order chi connectivity index (χ0) is 34.0. The third-order valence-corrected chi connectivity index (χ3v) is 8.08. The van der Waals surface area contributed by atoms with Gasteiger partial charge in [0.15, 0.2) is 23.7 Å². The fourth-order valence-corrected chi connectivity index (χ4v) is 4.98. The number of methoxy groups -OCH3 is 1. The number of halogens is 7. The van der Waals surface area contributed by atoms with Crippen LogP contribution in [0.2, 0.25) is 5.02 Å². The summed E-state index contributed by atoms with van der Waals surface area (Å²) in [5.74, 6) is -11.3. The molecule has 3 aromatic rings. The van der Waals surface area contributed by atoms with Gasteiger partial charge in [-0.3, -0.25) is 9.59 Å². The van der Waals surface area contributed by atoms with Crippen LogP contribution in [0.3, 0.4) is 0 Å². The Morgan fingerprint density at radius 1 is 1.20 bits per heavy atom. The van der Waals surface area contributed by atoms with Crippen molar-refractivity contribution in [3.8, 4) is 17.0 Å². The molecule has 14 heteroatoms. The first kappa shape index (κ1) is 34.8. The summed E-state index contributed by atoms with van der Waals surface area (Å²) >= 11 is 5.65. The number of aldehydes is 1. The second-order valence-electron chi connectivity index (χ2n) is 10.9. The molecule has 0 spiro atoms. The average molecular weight is 669 g/mol. The number of alkyl halides is 3. The fourth-order valence-electron chi connectivity index (χ4n) is 4.82. The van der Waals surface area contributed by atoms with Crippen LogP contribution < -0.4 is 31.5 Å². The van der Waals surface area contributed by atoms with Gasteiger partial charge in [-0.2, -0.15) is 8.78 Å². The smallest absolute Gasteiger partial charge is 0.330 e. The van der Waals surface area contributed by atoms with Crippen molar-refractivity contribution in [2.75, 3.05) is 20.7 Å². The third-order valence-electron chi connectivity index (χ3n) is 7.73. The van der Waals surface area contributed by atoms with Crippen LogP contribution in [-0.2, 0) is 10.7 Å². The van der Waals surface area contributed by atoms with E-state index in [4.69, 9.17) is 16.3 Å². The number of nitrogens with zero attached hydrogens (tertiary/aromatic N) is 1. The van der Waals surface area contributed by atoms with Crippen LogP contribution in [0, 0.1) is 23.4 Å². The Labute approximate surface area is 265 Å². The first-order chi connectivity index (χ1) is 21.8. The van der Waals surface area contributed by atoms with Crippen LogP contribution in [0.4, 0.5) is 26.3 Å². The SMILES string of the molecule is C=c1c(OC)cc(C(=O)NCC(c2cc(C(F)(F)C=O)c(F)c(-c3ccc(F)c(Cl)c3F)n2)C2CC2)c/c1=C/NC1(F)CC1.CN. The van der Waals surface area contributed by atoms with Crippen LogP contribution in [0.25, 0.3) is 24.0 Å². The number of aromatic nitrogens is 1. The molecule has 1 aromatic heterocycles. The van der Waals surface area contributed by atoms with Gasteiger partial charge in [0.1, 0.15) is 22.3 Å². The van der Waals surface area contributed by atoms with Gasteiger partial charge < -0.3 is 21.1 Å². The molecule has 0 saturated heterocycles. The molecule has 1 atom stereocenters. The summed E-state index contributed by atoms with van der Waals surface area (Å²) in [4.78, 5) is 28.6. The molecular weight excluding hydrogens is 638 g/mol. The van der Waals surface area contributed by atoms with Crippen molar-refractivity contribution in [1.29, 1.82) is 0 Å². The highest BCUT2D eigenvalue weighted by molar-refractivity contribution is 6.31. The molecule has 0 bridgehead atoms. The number of carbonyl (C=O) groups excluding carboxylic acids is 2. The molecule has 1 amide bonds. The molecule has 246 valence electrons. The van der Waals surface area contributed by atoms with Gasteiger partial charge >= 0.3 is 5.92 Å². The summed E-state index contributed by atoms with van der Waals surface area (Å²) in [7, 11) is 2.88. The molecule has 2 saturated carbocycles. The zero-order valence-corrected chi connectivity index (χ0v) is 25.6. The summed E-state index contributed by atoms with van der Waals surface area (Å²) in [5, 5.41) is 5.21. The molecule has 2 aromatic carbocycles. The summed E-state index contributed by atoms with van der Waals surface area (Å²) in [5.41, 5.74) is 1.57. The minimum atomic E-state index is -4.31. The topological polar surface area (TPSA) is 106 Å². The molecule has 0 radical (unpaired) electrons. The van der Waals surface area contributed by atoms with E-state index in [-0.39, 0.29) is 29.5 Å². The van der Waals surface area contributed by atoms with Crippen LogP contribution in [0.5, 0.6) is 5.75 Å². The molecule has 5 rings (SSSR count). The van der Waals surface area contributed by atoms with Crippen LogP contribution in [0.1, 0.15) is 53.2 Å². The number of carbonyl (C=O) groups is 2. The number of pyridine rings is 1. The predicted octanol–water partition coefficient (Wildman–Crippen LogP) is 4.81. The lowest BCUT2D eigenvalue weighted by molar-refractivity contribution is -0.130. The molecule has 2 aliphatic rings. The maximum Gasteiger partial charge on any atom is 0.330 e. The van der Waals surface area contributed by atoms with E-state index in [9.17, 15) is 31.5 Å². The number of hydrogen-bond acceptors (Lipinski definition) is 6. The van der Waals surface area contributed by atoms with Crippen molar-refractivity contribution < 1.29 is 40.7 Å². The summed E-state index contributed by atoms with van der Waals surface area (Å²) < 4.78 is 92.8. The van der Waals surface area contributed by atoms with Crippen LogP contribution in [-0.4, -0.2) is 43.7 Å². The highest BCUT2D eigenvalue weighted by Gasteiger charge is 2.42. The fraction of sp³-hybridized carbons (Fsp3) is 0.344. The molecule has 7 nitrogen and oxygen atoms in total. The molecule has 0 aliphatic heterocycles. The first-order valence-electron chi connectivity index (χ1n) is 14.2. The number of hydrogen-bond donors (Lipinski definition) is 3. The van der Waals surface area contributed by atoms with Gasteiger partial charge in [-0.1, -0.05) is 18.2 Å². The van der Waals surface area contributed by atoms with E-state index in [1.165, 1.54) is 32.5 Å². The van der Waals surface area contributed by atoms with E-state index >= 15 is 4.39 Å². The van der Waals surface area contributed by atoms with Crippen molar-refractivity contribution in [3.63, 3.8) is 0 Å². The van der Waals surface area contributed by atoms with Gasteiger partial charge in [0.05, 0.1) is 12.7 Å². The number of ether oxygens (including phenoxy) is 1. The van der Waals surface area contributed by atoms with Gasteiger partial charge in [0.2, 0.25) is 0 Å². The second kappa shape index (κ2) is 13.7. The Morgan fingerprint density at radius 2 is 1.87 bits per heavy atom. The lowest BCUT2D eigenvalue weighted by atomic mass is 9.94. The van der Waals surface area contributed by atoms with E-state index in [1.807, 2.05) is 0 Å². The lowest BCUT2D eigenvalue weighted by Gasteiger charge is -2.21. The normalized spacial score (nSPS) is 16.2. The first-order valence-corrected chi connectivity index (χ1v) is 14.5. The standard InChI is InChI=1S/C31H26ClF6N3O3.CH5N/c1-15-18(12-40-30(36)7-8-30)9-17(10-24(15)44-2)29(43)39-13-20(16-3-4-16)23-11-21(31(37,38)14-42)27(35)28(41-23)19-5-6-22(33)25(32)26(19)34;1-2/h5-6,9-12,14,16,20,40H,1,3-4,7-8,13H2,2H3,(H,39,43);2H2,1H3/b18-12-;. The van der Waals surface area contributed by atoms with Crippen molar-refractivity contribution in [3.05, 3.63) is 80.1 Å². The summed E-state index contributed by atoms with van der Waals surface area (Å²) in [6, 6.07) is 5.16. The molecular formula is C32H31ClF6N4O3. The van der Waals surface area contributed by atoms with Gasteiger partial charge in [0.25, 0.3) is 5.91 Å². The maximum absolute atomic E-state index is 15.4. The number of nitrogens with one attached hydrogen (secondary N) is 2. The molecule has 1 heterocycles. The van der Waals surface area contributed by atoms with E-state index in [0.717, 1.165) is 18.2 Å². The summed E-state index contributed by atoms with van der Waals surface area (Å²) in [6.07, 6.45) is 2.60. The minimum Gasteiger partial charge on any atom is -0.496 e. The van der Waals surface area contributed by atoms with Crippen molar-refractivity contribution in [2.45, 2.75) is 43.3 Å². The minimum absolute atomic E-state index is 0.129. The van der Waals surface area contributed by atoms with Gasteiger partial charge in [-0.05, 0) is 56.1 Å². The highest BCUT2D eigenvalue weighted by atomic mass is 35.5. The van der Waals surface area contributed by atoms with Crippen LogP contribution >= 0.6 is 11.6 Å². The third kappa shape index (κ3) is 7.31. The van der Waals surface area contributed by atoms with E-state index < -0.39 is 69.1 Å². The van der Waals surface area contributed by atoms with Crippen molar-refractivity contribution >= 4 is 36.6 Å². The van der Waals surface area contributed by atoms with Gasteiger partial charge in [-0.15, -0.1) is 0 Å². The zero-order valence-electron chi connectivity index (χ0n) is 24.8. The van der Waals surface area contributed by atoms with Crippen LogP contribution in [0.15, 0.2) is 30.3 Å².